The van der Waals surface area contributed by atoms with Crippen molar-refractivity contribution < 1.29 is 9.90 Å². The maximum atomic E-state index is 10.9. The number of benzene rings is 1. The molecule has 1 unspecified atom stereocenters. The van der Waals surface area contributed by atoms with Gasteiger partial charge in [-0.25, -0.2) is 0 Å². The van der Waals surface area contributed by atoms with E-state index >= 15 is 0 Å². The van der Waals surface area contributed by atoms with E-state index in [1.165, 1.54) is 5.56 Å². The molecule has 1 fully saturated rings. The van der Waals surface area contributed by atoms with Crippen molar-refractivity contribution in [2.24, 2.45) is 5.92 Å². The fourth-order valence-electron chi connectivity index (χ4n) is 2.79. The van der Waals surface area contributed by atoms with E-state index < -0.39 is 5.97 Å². The Labute approximate surface area is 115 Å². The highest BCUT2D eigenvalue weighted by molar-refractivity contribution is 5.70. The second-order valence-corrected chi connectivity index (χ2v) is 5.52. The van der Waals surface area contributed by atoms with Gasteiger partial charge in [-0.05, 0) is 51.3 Å². The average Bonchev–Trinajstić information content (AvgIpc) is 2.46. The normalized spacial score (nSPS) is 19.2. The smallest absolute Gasteiger partial charge is 0.306 e. The summed E-state index contributed by atoms with van der Waals surface area (Å²) in [4.78, 5) is 13.4. The van der Waals surface area contributed by atoms with Gasteiger partial charge >= 0.3 is 5.97 Å². The van der Waals surface area contributed by atoms with Gasteiger partial charge in [0, 0.05) is 6.04 Å². The van der Waals surface area contributed by atoms with Crippen LogP contribution in [0, 0.1) is 5.92 Å². The van der Waals surface area contributed by atoms with Crippen LogP contribution < -0.4 is 0 Å². The number of hydrogen-bond acceptors (Lipinski definition) is 2. The molecule has 104 valence electrons. The SMILES string of the molecule is CC(CCc1ccccc1)N1CCC(C(=O)O)CC1. The molecule has 1 aromatic carbocycles. The van der Waals surface area contributed by atoms with E-state index in [4.69, 9.17) is 5.11 Å². The van der Waals surface area contributed by atoms with Gasteiger partial charge in [0.05, 0.1) is 5.92 Å². The molecule has 0 amide bonds. The number of nitrogens with zero attached hydrogens (tertiary/aromatic N) is 1. The molecule has 1 aromatic rings. The number of rotatable bonds is 5. The average molecular weight is 261 g/mol. The fraction of sp³-hybridized carbons (Fsp3) is 0.562. The van der Waals surface area contributed by atoms with Crippen LogP contribution in [0.3, 0.4) is 0 Å². The third-order valence-electron chi connectivity index (χ3n) is 4.20. The lowest BCUT2D eigenvalue weighted by Crippen LogP contribution is -2.41. The van der Waals surface area contributed by atoms with Gasteiger partial charge in [-0.1, -0.05) is 30.3 Å². The van der Waals surface area contributed by atoms with Crippen LogP contribution in [-0.2, 0) is 11.2 Å². The molecule has 3 heteroatoms. The summed E-state index contributed by atoms with van der Waals surface area (Å²) in [6.45, 7) is 4.10. The van der Waals surface area contributed by atoms with Crippen LogP contribution in [0.2, 0.25) is 0 Å². The molecule has 0 radical (unpaired) electrons. The van der Waals surface area contributed by atoms with Crippen molar-refractivity contribution in [2.45, 2.75) is 38.6 Å². The summed E-state index contributed by atoms with van der Waals surface area (Å²) in [6.07, 6.45) is 3.83. The fourth-order valence-corrected chi connectivity index (χ4v) is 2.79. The molecule has 1 saturated heterocycles. The number of aliphatic carboxylic acids is 1. The second kappa shape index (κ2) is 6.71. The third-order valence-corrected chi connectivity index (χ3v) is 4.20. The molecule has 1 heterocycles. The Bertz CT molecular complexity index is 396. The van der Waals surface area contributed by atoms with E-state index in [-0.39, 0.29) is 5.92 Å². The van der Waals surface area contributed by atoms with Gasteiger partial charge < -0.3 is 10.0 Å². The van der Waals surface area contributed by atoms with Crippen molar-refractivity contribution in [3.63, 3.8) is 0 Å². The van der Waals surface area contributed by atoms with Crippen molar-refractivity contribution in [1.29, 1.82) is 0 Å². The lowest BCUT2D eigenvalue weighted by atomic mass is 9.95. The molecule has 0 spiro atoms. The first-order valence-corrected chi connectivity index (χ1v) is 7.17. The molecule has 0 saturated carbocycles. The Morgan fingerprint density at radius 1 is 1.32 bits per heavy atom. The quantitative estimate of drug-likeness (QED) is 0.886. The number of carbonyl (C=O) groups is 1. The maximum Gasteiger partial charge on any atom is 0.306 e. The van der Waals surface area contributed by atoms with Gasteiger partial charge in [0.25, 0.3) is 0 Å². The summed E-state index contributed by atoms with van der Waals surface area (Å²) < 4.78 is 0. The number of aryl methyl sites for hydroxylation is 1. The van der Waals surface area contributed by atoms with Crippen molar-refractivity contribution in [1.82, 2.24) is 4.90 Å². The van der Waals surface area contributed by atoms with Crippen LogP contribution in [0.5, 0.6) is 0 Å². The molecule has 2 rings (SSSR count). The van der Waals surface area contributed by atoms with Crippen molar-refractivity contribution in [3.05, 3.63) is 35.9 Å². The molecule has 0 aliphatic carbocycles. The second-order valence-electron chi connectivity index (χ2n) is 5.52. The minimum absolute atomic E-state index is 0.127. The number of piperidine rings is 1. The number of hydrogen-bond donors (Lipinski definition) is 1. The first kappa shape index (κ1) is 14.1. The summed E-state index contributed by atoms with van der Waals surface area (Å²) in [6, 6.07) is 11.1. The van der Waals surface area contributed by atoms with Crippen molar-refractivity contribution in [3.8, 4) is 0 Å². The molecule has 1 aliphatic rings. The topological polar surface area (TPSA) is 40.5 Å². The molecular formula is C16H23NO2. The van der Waals surface area contributed by atoms with E-state index in [9.17, 15) is 4.79 Å². The Balaban J connectivity index is 1.75. The Morgan fingerprint density at radius 2 is 1.95 bits per heavy atom. The lowest BCUT2D eigenvalue weighted by molar-refractivity contribution is -0.143. The third kappa shape index (κ3) is 4.06. The zero-order valence-corrected chi connectivity index (χ0v) is 11.6. The van der Waals surface area contributed by atoms with E-state index in [1.807, 2.05) is 6.07 Å². The zero-order valence-electron chi connectivity index (χ0n) is 11.6. The van der Waals surface area contributed by atoms with Gasteiger partial charge in [-0.2, -0.15) is 0 Å². The molecule has 0 bridgehead atoms. The van der Waals surface area contributed by atoms with Crippen molar-refractivity contribution >= 4 is 5.97 Å². The Morgan fingerprint density at radius 3 is 2.53 bits per heavy atom. The summed E-state index contributed by atoms with van der Waals surface area (Å²) in [7, 11) is 0. The predicted molar refractivity (Wildman–Crippen MR) is 76.2 cm³/mol. The molecule has 1 atom stereocenters. The first-order chi connectivity index (χ1) is 9.16. The zero-order chi connectivity index (χ0) is 13.7. The van der Waals surface area contributed by atoms with Crippen LogP contribution in [-0.4, -0.2) is 35.1 Å². The number of likely N-dealkylation sites (tertiary alicyclic amines) is 1. The largest absolute Gasteiger partial charge is 0.481 e. The predicted octanol–water partition coefficient (Wildman–Crippen LogP) is 2.80. The molecule has 0 aromatic heterocycles. The highest BCUT2D eigenvalue weighted by Crippen LogP contribution is 2.20. The maximum absolute atomic E-state index is 10.9. The van der Waals surface area contributed by atoms with E-state index in [1.54, 1.807) is 0 Å². The Kier molecular flexibility index (Phi) is 4.97. The van der Waals surface area contributed by atoms with Crippen molar-refractivity contribution in [2.75, 3.05) is 13.1 Å². The molecule has 19 heavy (non-hydrogen) atoms. The van der Waals surface area contributed by atoms with Crippen LogP contribution in [0.15, 0.2) is 30.3 Å². The Hall–Kier alpha value is -1.35. The number of carboxylic acids is 1. The summed E-state index contributed by atoms with van der Waals surface area (Å²) in [5, 5.41) is 9.00. The van der Waals surface area contributed by atoms with E-state index in [2.05, 4.69) is 36.1 Å². The first-order valence-electron chi connectivity index (χ1n) is 7.17. The van der Waals surface area contributed by atoms with Crippen LogP contribution in [0.4, 0.5) is 0 Å². The molecular weight excluding hydrogens is 238 g/mol. The molecule has 1 aliphatic heterocycles. The standard InChI is InChI=1S/C16H23NO2/c1-13(7-8-14-5-3-2-4-6-14)17-11-9-15(10-12-17)16(18)19/h2-6,13,15H,7-12H2,1H3,(H,18,19). The summed E-state index contributed by atoms with van der Waals surface area (Å²) >= 11 is 0. The van der Waals surface area contributed by atoms with E-state index in [0.29, 0.717) is 6.04 Å². The van der Waals surface area contributed by atoms with Gasteiger partial charge in [-0.3, -0.25) is 4.79 Å². The van der Waals surface area contributed by atoms with Crippen LogP contribution in [0.25, 0.3) is 0 Å². The van der Waals surface area contributed by atoms with Crippen LogP contribution >= 0.6 is 0 Å². The monoisotopic (exact) mass is 261 g/mol. The van der Waals surface area contributed by atoms with Gasteiger partial charge in [0.1, 0.15) is 0 Å². The highest BCUT2D eigenvalue weighted by Gasteiger charge is 2.26. The van der Waals surface area contributed by atoms with Gasteiger partial charge in [-0.15, -0.1) is 0 Å². The number of carboxylic acid groups (broad SMARTS) is 1. The minimum Gasteiger partial charge on any atom is -0.481 e. The van der Waals surface area contributed by atoms with Gasteiger partial charge in [0.2, 0.25) is 0 Å². The summed E-state index contributed by atoms with van der Waals surface area (Å²) in [5.41, 5.74) is 1.38. The molecule has 3 nitrogen and oxygen atoms in total. The lowest BCUT2D eigenvalue weighted by Gasteiger charge is -2.34. The summed E-state index contributed by atoms with van der Waals surface area (Å²) in [5.74, 6) is -0.755. The van der Waals surface area contributed by atoms with Crippen LogP contribution in [0.1, 0.15) is 31.7 Å². The van der Waals surface area contributed by atoms with Gasteiger partial charge in [0.15, 0.2) is 0 Å². The molecule has 1 N–H and O–H groups in total. The minimum atomic E-state index is -0.628. The van der Waals surface area contributed by atoms with E-state index in [0.717, 1.165) is 38.8 Å². The highest BCUT2D eigenvalue weighted by atomic mass is 16.4.